The van der Waals surface area contributed by atoms with Crippen molar-refractivity contribution < 1.29 is 14.6 Å². The van der Waals surface area contributed by atoms with Gasteiger partial charge in [0, 0.05) is 4.47 Å². The zero-order chi connectivity index (χ0) is 14.6. The van der Waals surface area contributed by atoms with Gasteiger partial charge in [0.25, 0.3) is 0 Å². The molecule has 0 aromatic heterocycles. The number of nitrogens with two attached hydrogens (primary N) is 1. The van der Waals surface area contributed by atoms with E-state index >= 15 is 0 Å². The van der Waals surface area contributed by atoms with Gasteiger partial charge >= 0.3 is 11.6 Å². The highest BCUT2D eigenvalue weighted by Crippen LogP contribution is 2.33. The Kier molecular flexibility index (Phi) is 3.96. The summed E-state index contributed by atoms with van der Waals surface area (Å²) in [5.74, 6) is -1.49. The molecule has 0 amide bonds. The number of nitrogens with zero attached hydrogens (tertiary/aromatic N) is 3. The van der Waals surface area contributed by atoms with Crippen LogP contribution >= 0.6 is 15.9 Å². The van der Waals surface area contributed by atoms with Gasteiger partial charge in [-0.25, -0.2) is 4.79 Å². The summed E-state index contributed by atoms with van der Waals surface area (Å²) in [5, 5.41) is 35.2. The van der Waals surface area contributed by atoms with Crippen LogP contribution in [0.25, 0.3) is 0 Å². The third kappa shape index (κ3) is 2.74. The van der Waals surface area contributed by atoms with E-state index < -0.39 is 11.6 Å². The van der Waals surface area contributed by atoms with Crippen molar-refractivity contribution in [2.45, 2.75) is 5.60 Å². The first-order chi connectivity index (χ1) is 8.89. The van der Waals surface area contributed by atoms with Crippen LogP contribution in [0, 0.1) is 34.0 Å². The molecule has 3 N–H and O–H groups in total. The summed E-state index contributed by atoms with van der Waals surface area (Å²) in [6.07, 6.45) is 0. The number of benzene rings is 1. The number of carboxylic acids is 1. The first-order valence-electron chi connectivity index (χ1n) is 4.64. The van der Waals surface area contributed by atoms with Crippen LogP contribution in [0.15, 0.2) is 16.6 Å². The number of nitrogen functional groups attached to an aromatic ring is 1. The molecule has 0 spiro atoms. The van der Waals surface area contributed by atoms with E-state index in [4.69, 9.17) is 31.4 Å². The smallest absolute Gasteiger partial charge is 0.367 e. The van der Waals surface area contributed by atoms with Crippen molar-refractivity contribution in [3.63, 3.8) is 0 Å². The van der Waals surface area contributed by atoms with E-state index in [1.165, 1.54) is 24.3 Å². The molecule has 19 heavy (non-hydrogen) atoms. The van der Waals surface area contributed by atoms with Crippen molar-refractivity contribution in [2.75, 3.05) is 5.73 Å². The Balaban J connectivity index is 3.38. The van der Waals surface area contributed by atoms with Gasteiger partial charge in [-0.3, -0.25) is 0 Å². The highest BCUT2D eigenvalue weighted by Gasteiger charge is 2.34. The Morgan fingerprint density at radius 2 is 1.84 bits per heavy atom. The van der Waals surface area contributed by atoms with Gasteiger partial charge in [0.1, 0.15) is 24.0 Å². The molecule has 1 aromatic carbocycles. The molecule has 0 bridgehead atoms. The number of halogens is 1. The molecule has 0 fully saturated rings. The summed E-state index contributed by atoms with van der Waals surface area (Å²) in [6.45, 7) is 0. The lowest BCUT2D eigenvalue weighted by molar-refractivity contribution is 0.0696. The van der Waals surface area contributed by atoms with Crippen LogP contribution in [0.2, 0.25) is 0 Å². The summed E-state index contributed by atoms with van der Waals surface area (Å²) < 4.78 is 5.16. The minimum atomic E-state index is -2.38. The molecular weight excluding hydrogens is 316 g/mol. The van der Waals surface area contributed by atoms with E-state index in [1.54, 1.807) is 0 Å². The van der Waals surface area contributed by atoms with Crippen molar-refractivity contribution in [3.8, 4) is 24.0 Å². The van der Waals surface area contributed by atoms with E-state index in [0.717, 1.165) is 6.07 Å². The van der Waals surface area contributed by atoms with Gasteiger partial charge in [-0.05, 0) is 28.1 Å². The first kappa shape index (κ1) is 14.3. The second kappa shape index (κ2) is 5.26. The maximum Gasteiger partial charge on any atom is 0.367 e. The Morgan fingerprint density at radius 1 is 1.32 bits per heavy atom. The zero-order valence-electron chi connectivity index (χ0n) is 9.22. The third-order valence-corrected chi connectivity index (χ3v) is 2.73. The minimum absolute atomic E-state index is 0.0184. The van der Waals surface area contributed by atoms with Gasteiger partial charge in [-0.1, -0.05) is 0 Å². The van der Waals surface area contributed by atoms with Crippen LogP contribution in [0.1, 0.15) is 10.4 Å². The molecule has 7 nitrogen and oxygen atoms in total. The minimum Gasteiger partial charge on any atom is -0.478 e. The number of nitriles is 3. The predicted octanol–water partition coefficient (Wildman–Crippen LogP) is 1.42. The molecule has 8 heteroatoms. The summed E-state index contributed by atoms with van der Waals surface area (Å²) in [4.78, 5) is 10.9. The van der Waals surface area contributed by atoms with Crippen LogP contribution in [0.3, 0.4) is 0 Å². The van der Waals surface area contributed by atoms with Gasteiger partial charge in [-0.15, -0.1) is 0 Å². The molecule has 0 aliphatic carbocycles. The molecule has 0 saturated heterocycles. The summed E-state index contributed by atoms with van der Waals surface area (Å²) in [6, 6.07) is 6.45. The molecule has 0 radical (unpaired) electrons. The van der Waals surface area contributed by atoms with Crippen LogP contribution in [-0.4, -0.2) is 16.7 Å². The standard InChI is InChI=1S/C11H5BrN4O3/c12-7-1-6(10(17)18)2-8(9(7)16)19-11(3-13,4-14)5-15/h1-2H,16H2,(H,17,18). The number of ether oxygens (including phenoxy) is 1. The van der Waals surface area contributed by atoms with Crippen LogP contribution in [0.5, 0.6) is 5.75 Å². The molecule has 94 valence electrons. The average molecular weight is 321 g/mol. The number of hydrogen-bond acceptors (Lipinski definition) is 6. The fourth-order valence-corrected chi connectivity index (χ4v) is 1.55. The number of anilines is 1. The van der Waals surface area contributed by atoms with E-state index in [-0.39, 0.29) is 21.5 Å². The van der Waals surface area contributed by atoms with Crippen LogP contribution < -0.4 is 10.5 Å². The molecule has 1 aromatic rings. The second-order valence-electron chi connectivity index (χ2n) is 3.29. The van der Waals surface area contributed by atoms with Crippen LogP contribution in [-0.2, 0) is 0 Å². The van der Waals surface area contributed by atoms with E-state index in [0.29, 0.717) is 0 Å². The lowest BCUT2D eigenvalue weighted by atomic mass is 10.1. The topological polar surface area (TPSA) is 144 Å². The monoisotopic (exact) mass is 320 g/mol. The zero-order valence-corrected chi connectivity index (χ0v) is 10.8. The average Bonchev–Trinajstić information content (AvgIpc) is 2.40. The van der Waals surface area contributed by atoms with Crippen LogP contribution in [0.4, 0.5) is 5.69 Å². The van der Waals surface area contributed by atoms with Gasteiger partial charge in [0.05, 0.1) is 11.3 Å². The second-order valence-corrected chi connectivity index (χ2v) is 4.15. The summed E-state index contributed by atoms with van der Waals surface area (Å²) >= 11 is 3.02. The van der Waals surface area contributed by atoms with Crippen molar-refractivity contribution in [3.05, 3.63) is 22.2 Å². The fourth-order valence-electron chi connectivity index (χ4n) is 1.11. The summed E-state index contributed by atoms with van der Waals surface area (Å²) in [5.41, 5.74) is 3.06. The Labute approximate surface area is 116 Å². The predicted molar refractivity (Wildman–Crippen MR) is 65.7 cm³/mol. The molecule has 0 unspecified atom stereocenters. The molecule has 0 aliphatic rings. The van der Waals surface area contributed by atoms with Gasteiger partial charge in [0.15, 0.2) is 0 Å². The number of aromatic carboxylic acids is 1. The molecule has 0 atom stereocenters. The lowest BCUT2D eigenvalue weighted by Crippen LogP contribution is -2.30. The normalized spacial score (nSPS) is 9.79. The summed E-state index contributed by atoms with van der Waals surface area (Å²) in [7, 11) is 0. The number of rotatable bonds is 3. The largest absolute Gasteiger partial charge is 0.478 e. The van der Waals surface area contributed by atoms with Gasteiger partial charge in [0.2, 0.25) is 0 Å². The molecular formula is C11H5BrN4O3. The van der Waals surface area contributed by atoms with Crippen molar-refractivity contribution in [1.29, 1.82) is 15.8 Å². The highest BCUT2D eigenvalue weighted by atomic mass is 79.9. The van der Waals surface area contributed by atoms with Gasteiger partial charge < -0.3 is 15.6 Å². The van der Waals surface area contributed by atoms with Crippen molar-refractivity contribution in [2.24, 2.45) is 0 Å². The Hall–Kier alpha value is -2.76. The Morgan fingerprint density at radius 3 is 2.26 bits per heavy atom. The van der Waals surface area contributed by atoms with Gasteiger partial charge in [-0.2, -0.15) is 15.8 Å². The van der Waals surface area contributed by atoms with E-state index in [2.05, 4.69) is 15.9 Å². The van der Waals surface area contributed by atoms with Crippen molar-refractivity contribution >= 4 is 27.6 Å². The highest BCUT2D eigenvalue weighted by molar-refractivity contribution is 9.10. The maximum atomic E-state index is 10.9. The number of carboxylic acid groups (broad SMARTS) is 1. The quantitative estimate of drug-likeness (QED) is 0.801. The Bertz CT molecular complexity index is 630. The number of carbonyl (C=O) groups is 1. The maximum absolute atomic E-state index is 10.9. The molecule has 0 saturated carbocycles. The SMILES string of the molecule is N#CC(C#N)(C#N)Oc1cc(C(=O)O)cc(Br)c1N. The lowest BCUT2D eigenvalue weighted by Gasteiger charge is -2.15. The van der Waals surface area contributed by atoms with E-state index in [1.807, 2.05) is 0 Å². The molecule has 1 rings (SSSR count). The number of hydrogen-bond donors (Lipinski definition) is 2. The molecule has 0 heterocycles. The first-order valence-corrected chi connectivity index (χ1v) is 5.43. The third-order valence-electron chi connectivity index (χ3n) is 2.07. The van der Waals surface area contributed by atoms with Crippen molar-refractivity contribution in [1.82, 2.24) is 0 Å². The fraction of sp³-hybridized carbons (Fsp3) is 0.0909. The molecule has 0 aliphatic heterocycles. The van der Waals surface area contributed by atoms with E-state index in [9.17, 15) is 4.79 Å².